The van der Waals surface area contributed by atoms with Gasteiger partial charge in [0.15, 0.2) is 0 Å². The molecule has 98 valence electrons. The van der Waals surface area contributed by atoms with Gasteiger partial charge in [-0.1, -0.05) is 12.5 Å². The Hall–Kier alpha value is -1.82. The van der Waals surface area contributed by atoms with Crippen LogP contribution in [0.25, 0.3) is 0 Å². The van der Waals surface area contributed by atoms with E-state index in [1.165, 1.54) is 25.7 Å². The number of nitrogens with one attached hydrogen (secondary N) is 1. The molecule has 3 nitrogen and oxygen atoms in total. The summed E-state index contributed by atoms with van der Waals surface area (Å²) in [5, 5.41) is 11.7. The Morgan fingerprint density at radius 2 is 2.26 bits per heavy atom. The summed E-state index contributed by atoms with van der Waals surface area (Å²) in [6.45, 7) is 0. The molecule has 0 radical (unpaired) electrons. The minimum atomic E-state index is 0.0904. The highest BCUT2D eigenvalue weighted by Gasteiger charge is 2.40. The van der Waals surface area contributed by atoms with Crippen LogP contribution in [0.2, 0.25) is 0 Å². The molecule has 1 aromatic carbocycles. The van der Waals surface area contributed by atoms with Gasteiger partial charge in [0.05, 0.1) is 11.6 Å². The van der Waals surface area contributed by atoms with Crippen molar-refractivity contribution in [2.45, 2.75) is 32.1 Å². The second-order valence-electron chi connectivity index (χ2n) is 5.88. The van der Waals surface area contributed by atoms with Crippen LogP contribution in [0.5, 0.6) is 0 Å². The molecule has 1 N–H and O–H groups in total. The molecular weight excluding hydrogens is 236 g/mol. The normalized spacial score (nSPS) is 28.1. The van der Waals surface area contributed by atoms with Crippen molar-refractivity contribution in [2.75, 3.05) is 5.32 Å². The van der Waals surface area contributed by atoms with Gasteiger partial charge in [0.25, 0.3) is 0 Å². The lowest BCUT2D eigenvalue weighted by molar-refractivity contribution is -0.117. The van der Waals surface area contributed by atoms with E-state index in [4.69, 9.17) is 5.26 Å². The number of carbonyl (C=O) groups excluding carboxylic acids is 1. The Labute approximate surface area is 113 Å². The molecule has 2 saturated carbocycles. The number of anilines is 1. The van der Waals surface area contributed by atoms with E-state index in [1.807, 2.05) is 6.07 Å². The van der Waals surface area contributed by atoms with Gasteiger partial charge in [0.1, 0.15) is 0 Å². The van der Waals surface area contributed by atoms with E-state index in [2.05, 4.69) is 11.4 Å². The smallest absolute Gasteiger partial charge is 0.224 e. The molecule has 0 aliphatic heterocycles. The average molecular weight is 254 g/mol. The van der Waals surface area contributed by atoms with Gasteiger partial charge in [-0.3, -0.25) is 4.79 Å². The van der Waals surface area contributed by atoms with Crippen LogP contribution >= 0.6 is 0 Å². The predicted octanol–water partition coefficient (Wildman–Crippen LogP) is 3.32. The molecule has 0 spiro atoms. The van der Waals surface area contributed by atoms with Crippen LogP contribution < -0.4 is 5.32 Å². The van der Waals surface area contributed by atoms with Crippen molar-refractivity contribution < 1.29 is 4.79 Å². The standard InChI is InChI=1S/C16H18N2O/c17-10-12-2-1-3-15(8-12)18-16(19)9-14-7-11-4-5-13(14)6-11/h1-3,8,11,13-14H,4-7,9H2,(H,18,19)/t11-,13-,14-/m1/s1. The maximum absolute atomic E-state index is 12.1. The molecule has 3 rings (SSSR count). The highest BCUT2D eigenvalue weighted by molar-refractivity contribution is 5.91. The number of rotatable bonds is 3. The molecule has 2 aliphatic carbocycles. The minimum absolute atomic E-state index is 0.0904. The number of fused-ring (bicyclic) bond motifs is 2. The molecule has 3 atom stereocenters. The molecule has 2 fully saturated rings. The molecule has 0 unspecified atom stereocenters. The maximum atomic E-state index is 12.1. The van der Waals surface area contributed by atoms with E-state index in [9.17, 15) is 4.79 Å². The van der Waals surface area contributed by atoms with Gasteiger partial charge in [-0.05, 0) is 55.2 Å². The van der Waals surface area contributed by atoms with E-state index >= 15 is 0 Å². The van der Waals surface area contributed by atoms with Crippen LogP contribution in [-0.4, -0.2) is 5.91 Å². The first-order chi connectivity index (χ1) is 9.24. The van der Waals surface area contributed by atoms with Gasteiger partial charge >= 0.3 is 0 Å². The SMILES string of the molecule is N#Cc1cccc(NC(=O)C[C@H]2C[C@@H]3CC[C@@H]2C3)c1. The molecule has 0 saturated heterocycles. The van der Waals surface area contributed by atoms with Crippen molar-refractivity contribution in [2.24, 2.45) is 17.8 Å². The Kier molecular flexibility index (Phi) is 3.25. The van der Waals surface area contributed by atoms with Crippen LogP contribution in [0.4, 0.5) is 5.69 Å². The first-order valence-electron chi connectivity index (χ1n) is 7.04. The molecule has 0 aromatic heterocycles. The van der Waals surface area contributed by atoms with Crippen LogP contribution in [-0.2, 0) is 4.79 Å². The molecule has 3 heteroatoms. The van der Waals surface area contributed by atoms with Gasteiger partial charge in [-0.2, -0.15) is 5.26 Å². The number of benzene rings is 1. The van der Waals surface area contributed by atoms with Crippen LogP contribution in [0.1, 0.15) is 37.7 Å². The molecular formula is C16H18N2O. The highest BCUT2D eigenvalue weighted by atomic mass is 16.1. The number of hydrogen-bond donors (Lipinski definition) is 1. The Morgan fingerprint density at radius 3 is 2.95 bits per heavy atom. The third kappa shape index (κ3) is 2.63. The molecule has 1 aromatic rings. The van der Waals surface area contributed by atoms with Crippen molar-refractivity contribution in [3.05, 3.63) is 29.8 Å². The van der Waals surface area contributed by atoms with Crippen molar-refractivity contribution >= 4 is 11.6 Å². The molecule has 19 heavy (non-hydrogen) atoms. The van der Waals surface area contributed by atoms with Crippen LogP contribution in [0.15, 0.2) is 24.3 Å². The zero-order valence-electron chi connectivity index (χ0n) is 10.9. The second-order valence-corrected chi connectivity index (χ2v) is 5.88. The third-order valence-corrected chi connectivity index (χ3v) is 4.61. The van der Waals surface area contributed by atoms with Crippen LogP contribution in [0, 0.1) is 29.1 Å². The number of hydrogen-bond acceptors (Lipinski definition) is 2. The lowest BCUT2D eigenvalue weighted by Crippen LogP contribution is -2.20. The number of amides is 1. The third-order valence-electron chi connectivity index (χ3n) is 4.61. The van der Waals surface area contributed by atoms with E-state index < -0.39 is 0 Å². The largest absolute Gasteiger partial charge is 0.326 e. The summed E-state index contributed by atoms with van der Waals surface area (Å²) < 4.78 is 0. The second kappa shape index (κ2) is 5.05. The first kappa shape index (κ1) is 12.2. The molecule has 0 heterocycles. The predicted molar refractivity (Wildman–Crippen MR) is 73.3 cm³/mol. The lowest BCUT2D eigenvalue weighted by Gasteiger charge is -2.20. The van der Waals surface area contributed by atoms with E-state index in [1.54, 1.807) is 18.2 Å². The summed E-state index contributed by atoms with van der Waals surface area (Å²) in [6, 6.07) is 9.18. The minimum Gasteiger partial charge on any atom is -0.326 e. The topological polar surface area (TPSA) is 52.9 Å². The molecule has 2 bridgehead atoms. The lowest BCUT2D eigenvalue weighted by atomic mass is 9.86. The zero-order chi connectivity index (χ0) is 13.2. The number of carbonyl (C=O) groups is 1. The maximum Gasteiger partial charge on any atom is 0.224 e. The molecule has 1 amide bonds. The Balaban J connectivity index is 1.58. The summed E-state index contributed by atoms with van der Waals surface area (Å²) >= 11 is 0. The van der Waals surface area contributed by atoms with E-state index in [0.717, 1.165) is 17.5 Å². The van der Waals surface area contributed by atoms with Gasteiger partial charge in [-0.15, -0.1) is 0 Å². The summed E-state index contributed by atoms with van der Waals surface area (Å²) in [7, 11) is 0. The summed E-state index contributed by atoms with van der Waals surface area (Å²) in [4.78, 5) is 12.1. The summed E-state index contributed by atoms with van der Waals surface area (Å²) in [5.74, 6) is 2.33. The van der Waals surface area contributed by atoms with Crippen molar-refractivity contribution in [1.29, 1.82) is 5.26 Å². The average Bonchev–Trinajstić information content (AvgIpc) is 3.01. The van der Waals surface area contributed by atoms with Crippen molar-refractivity contribution in [1.82, 2.24) is 0 Å². The van der Waals surface area contributed by atoms with Gasteiger partial charge in [0, 0.05) is 12.1 Å². The number of nitriles is 1. The van der Waals surface area contributed by atoms with Crippen molar-refractivity contribution in [3.8, 4) is 6.07 Å². The Morgan fingerprint density at radius 1 is 1.37 bits per heavy atom. The quantitative estimate of drug-likeness (QED) is 0.899. The summed E-state index contributed by atoms with van der Waals surface area (Å²) in [6.07, 6.45) is 5.88. The van der Waals surface area contributed by atoms with Crippen LogP contribution in [0.3, 0.4) is 0 Å². The number of nitrogens with zero attached hydrogens (tertiary/aromatic N) is 1. The molecule has 2 aliphatic rings. The van der Waals surface area contributed by atoms with Crippen molar-refractivity contribution in [3.63, 3.8) is 0 Å². The van der Waals surface area contributed by atoms with Gasteiger partial charge in [-0.25, -0.2) is 0 Å². The zero-order valence-corrected chi connectivity index (χ0v) is 10.9. The van der Waals surface area contributed by atoms with E-state index in [-0.39, 0.29) is 5.91 Å². The van der Waals surface area contributed by atoms with E-state index in [0.29, 0.717) is 17.9 Å². The Bertz CT molecular complexity index is 532. The highest BCUT2D eigenvalue weighted by Crippen LogP contribution is 2.49. The fraction of sp³-hybridized carbons (Fsp3) is 0.500. The summed E-state index contributed by atoms with van der Waals surface area (Å²) in [5.41, 5.74) is 1.31. The monoisotopic (exact) mass is 254 g/mol. The van der Waals surface area contributed by atoms with Gasteiger partial charge in [0.2, 0.25) is 5.91 Å². The van der Waals surface area contributed by atoms with Gasteiger partial charge < -0.3 is 5.32 Å². The fourth-order valence-corrected chi connectivity index (χ4v) is 3.74. The fourth-order valence-electron chi connectivity index (χ4n) is 3.74. The first-order valence-corrected chi connectivity index (χ1v) is 7.04.